The van der Waals surface area contributed by atoms with Crippen LogP contribution in [0.2, 0.25) is 0 Å². The quantitative estimate of drug-likeness (QED) is 0.386. The van der Waals surface area contributed by atoms with Gasteiger partial charge in [0.1, 0.15) is 5.75 Å². The average molecular weight is 477 g/mol. The second-order valence-electron chi connectivity index (χ2n) is 7.63. The lowest BCUT2D eigenvalue weighted by Crippen LogP contribution is -2.32. The summed E-state index contributed by atoms with van der Waals surface area (Å²) in [6.07, 6.45) is 1.22. The molecule has 9 heteroatoms. The molecule has 0 aliphatic heterocycles. The maximum atomic E-state index is 12.9. The number of hydrogen-bond donors (Lipinski definition) is 2. The molecule has 0 saturated carbocycles. The van der Waals surface area contributed by atoms with E-state index in [1.807, 2.05) is 49.4 Å². The molecule has 0 saturated heterocycles. The number of nitrogens with zero attached hydrogens (tertiary/aromatic N) is 2. The van der Waals surface area contributed by atoms with Crippen molar-refractivity contribution in [2.45, 2.75) is 31.3 Å². The molecule has 4 aromatic rings. The number of aryl methyl sites for hydroxylation is 1. The van der Waals surface area contributed by atoms with Crippen LogP contribution in [0.1, 0.15) is 19.0 Å². The number of anilines is 2. The van der Waals surface area contributed by atoms with Gasteiger partial charge in [0.05, 0.1) is 4.90 Å². The number of fused-ring (bicyclic) bond motifs is 1. The van der Waals surface area contributed by atoms with Crippen molar-refractivity contribution in [3.63, 3.8) is 0 Å². The third kappa shape index (κ3) is 5.32. The van der Waals surface area contributed by atoms with E-state index in [2.05, 4.69) is 20.0 Å². The standard InChI is InChI=1S/C25H24N4O4S/c1-3-22(33-23-10-6-8-18-7-4-5-9-21(18)23)24(30)28-19-11-13-20(14-12-19)34(31,32)29-25-26-16-15-17(2)27-25/h4-16,22H,3H2,1-2H3,(H,28,30)(H,26,27,29)/t22-/m0/s1. The zero-order chi connectivity index (χ0) is 24.1. The predicted molar refractivity (Wildman–Crippen MR) is 131 cm³/mol. The molecule has 0 radical (unpaired) electrons. The summed E-state index contributed by atoms with van der Waals surface area (Å²) in [6, 6.07) is 21.0. The van der Waals surface area contributed by atoms with Crippen molar-refractivity contribution >= 4 is 38.3 Å². The first-order valence-corrected chi connectivity index (χ1v) is 12.2. The minimum Gasteiger partial charge on any atom is -0.480 e. The highest BCUT2D eigenvalue weighted by atomic mass is 32.2. The zero-order valence-corrected chi connectivity index (χ0v) is 19.5. The topological polar surface area (TPSA) is 110 Å². The molecule has 2 N–H and O–H groups in total. The molecule has 1 atom stereocenters. The fourth-order valence-corrected chi connectivity index (χ4v) is 4.34. The van der Waals surface area contributed by atoms with Crippen LogP contribution >= 0.6 is 0 Å². The van der Waals surface area contributed by atoms with E-state index in [1.54, 1.807) is 13.0 Å². The molecule has 1 aromatic heterocycles. The maximum Gasteiger partial charge on any atom is 0.265 e. The van der Waals surface area contributed by atoms with E-state index in [0.717, 1.165) is 10.8 Å². The SMILES string of the molecule is CC[C@H](Oc1cccc2ccccc12)C(=O)Nc1ccc(S(=O)(=O)Nc2nccc(C)n2)cc1. The zero-order valence-electron chi connectivity index (χ0n) is 18.7. The minimum atomic E-state index is -3.87. The molecule has 4 rings (SSSR count). The number of benzene rings is 3. The molecule has 0 unspecified atom stereocenters. The lowest BCUT2D eigenvalue weighted by molar-refractivity contribution is -0.122. The van der Waals surface area contributed by atoms with Crippen LogP contribution in [0, 0.1) is 6.92 Å². The van der Waals surface area contributed by atoms with Gasteiger partial charge in [0.15, 0.2) is 6.10 Å². The van der Waals surface area contributed by atoms with Crippen molar-refractivity contribution in [2.24, 2.45) is 0 Å². The summed E-state index contributed by atoms with van der Waals surface area (Å²) in [6.45, 7) is 3.61. The number of hydrogen-bond acceptors (Lipinski definition) is 6. The number of sulfonamides is 1. The molecular formula is C25H24N4O4S. The molecule has 0 aliphatic carbocycles. The van der Waals surface area contributed by atoms with E-state index in [9.17, 15) is 13.2 Å². The summed E-state index contributed by atoms with van der Waals surface area (Å²) in [4.78, 5) is 20.8. The van der Waals surface area contributed by atoms with Crippen LogP contribution in [0.3, 0.4) is 0 Å². The molecule has 0 spiro atoms. The third-order valence-electron chi connectivity index (χ3n) is 5.13. The lowest BCUT2D eigenvalue weighted by atomic mass is 10.1. The van der Waals surface area contributed by atoms with Crippen molar-refractivity contribution in [2.75, 3.05) is 10.0 Å². The molecule has 0 fully saturated rings. The van der Waals surface area contributed by atoms with E-state index >= 15 is 0 Å². The number of aromatic nitrogens is 2. The van der Waals surface area contributed by atoms with E-state index in [4.69, 9.17) is 4.74 Å². The van der Waals surface area contributed by atoms with Crippen LogP contribution in [0.25, 0.3) is 10.8 Å². The number of amides is 1. The first-order chi connectivity index (χ1) is 16.4. The Morgan fingerprint density at radius 2 is 1.74 bits per heavy atom. The number of carbonyl (C=O) groups is 1. The fourth-order valence-electron chi connectivity index (χ4n) is 3.39. The molecule has 0 bridgehead atoms. The second kappa shape index (κ2) is 9.88. The van der Waals surface area contributed by atoms with Crippen molar-refractivity contribution in [3.05, 3.63) is 84.7 Å². The molecule has 174 valence electrons. The second-order valence-corrected chi connectivity index (χ2v) is 9.32. The molecule has 0 aliphatic rings. The Kier molecular flexibility index (Phi) is 6.74. The summed E-state index contributed by atoms with van der Waals surface area (Å²) in [5, 5.41) is 4.74. The minimum absolute atomic E-state index is 0.00579. The number of carbonyl (C=O) groups excluding carboxylic acids is 1. The van der Waals surface area contributed by atoms with Crippen LogP contribution in [-0.4, -0.2) is 30.4 Å². The van der Waals surface area contributed by atoms with Crippen LogP contribution < -0.4 is 14.8 Å². The summed E-state index contributed by atoms with van der Waals surface area (Å²) >= 11 is 0. The number of nitrogens with one attached hydrogen (secondary N) is 2. The summed E-state index contributed by atoms with van der Waals surface area (Å²) < 4.78 is 33.6. The normalized spacial score (nSPS) is 12.2. The summed E-state index contributed by atoms with van der Waals surface area (Å²) in [7, 11) is -3.87. The predicted octanol–water partition coefficient (Wildman–Crippen LogP) is 4.54. The first-order valence-electron chi connectivity index (χ1n) is 10.7. The molecular weight excluding hydrogens is 452 g/mol. The Morgan fingerprint density at radius 3 is 2.47 bits per heavy atom. The summed E-state index contributed by atoms with van der Waals surface area (Å²) in [5.74, 6) is 0.303. The highest BCUT2D eigenvalue weighted by Gasteiger charge is 2.20. The van der Waals surface area contributed by atoms with Gasteiger partial charge in [-0.3, -0.25) is 4.79 Å². The van der Waals surface area contributed by atoms with Gasteiger partial charge in [-0.15, -0.1) is 0 Å². The van der Waals surface area contributed by atoms with Crippen LogP contribution in [0.15, 0.2) is 83.9 Å². The Balaban J connectivity index is 1.45. The Hall–Kier alpha value is -3.98. The smallest absolute Gasteiger partial charge is 0.265 e. The van der Waals surface area contributed by atoms with Gasteiger partial charge >= 0.3 is 0 Å². The first kappa shape index (κ1) is 23.2. The van der Waals surface area contributed by atoms with Crippen LogP contribution in [0.5, 0.6) is 5.75 Å². The highest BCUT2D eigenvalue weighted by molar-refractivity contribution is 7.92. The van der Waals surface area contributed by atoms with Gasteiger partial charge < -0.3 is 10.1 Å². The molecule has 8 nitrogen and oxygen atoms in total. The van der Waals surface area contributed by atoms with Crippen molar-refractivity contribution in [3.8, 4) is 5.75 Å². The third-order valence-corrected chi connectivity index (χ3v) is 6.48. The maximum absolute atomic E-state index is 12.9. The van der Waals surface area contributed by atoms with Gasteiger partial charge in [0.25, 0.3) is 15.9 Å². The van der Waals surface area contributed by atoms with Crippen LogP contribution in [-0.2, 0) is 14.8 Å². The Morgan fingerprint density at radius 1 is 1.00 bits per heavy atom. The molecule has 1 amide bonds. The largest absolute Gasteiger partial charge is 0.480 e. The van der Waals surface area contributed by atoms with E-state index in [0.29, 0.717) is 23.6 Å². The van der Waals surface area contributed by atoms with E-state index in [1.165, 1.54) is 30.5 Å². The van der Waals surface area contributed by atoms with Gasteiger partial charge in [0.2, 0.25) is 5.95 Å². The summed E-state index contributed by atoms with van der Waals surface area (Å²) in [5.41, 5.74) is 1.10. The van der Waals surface area contributed by atoms with Gasteiger partial charge in [0, 0.05) is 23.0 Å². The van der Waals surface area contributed by atoms with E-state index in [-0.39, 0.29) is 16.8 Å². The van der Waals surface area contributed by atoms with Crippen molar-refractivity contribution < 1.29 is 17.9 Å². The monoisotopic (exact) mass is 476 g/mol. The molecule has 3 aromatic carbocycles. The number of rotatable bonds is 8. The van der Waals surface area contributed by atoms with Gasteiger partial charge in [-0.25, -0.2) is 23.1 Å². The molecule has 1 heterocycles. The fraction of sp³-hybridized carbons (Fsp3) is 0.160. The van der Waals surface area contributed by atoms with Crippen molar-refractivity contribution in [1.82, 2.24) is 9.97 Å². The van der Waals surface area contributed by atoms with Crippen molar-refractivity contribution in [1.29, 1.82) is 0 Å². The lowest BCUT2D eigenvalue weighted by Gasteiger charge is -2.18. The van der Waals surface area contributed by atoms with Gasteiger partial charge in [-0.05, 0) is 55.1 Å². The number of ether oxygens (including phenoxy) is 1. The average Bonchev–Trinajstić information content (AvgIpc) is 2.82. The van der Waals surface area contributed by atoms with Gasteiger partial charge in [-0.1, -0.05) is 43.3 Å². The van der Waals surface area contributed by atoms with E-state index < -0.39 is 16.1 Å². The highest BCUT2D eigenvalue weighted by Crippen LogP contribution is 2.27. The molecule has 34 heavy (non-hydrogen) atoms. The Bertz CT molecular complexity index is 1420. The van der Waals surface area contributed by atoms with Crippen LogP contribution in [0.4, 0.5) is 11.6 Å². The van der Waals surface area contributed by atoms with Gasteiger partial charge in [-0.2, -0.15) is 0 Å². The Labute approximate surface area is 198 Å².